The molecule has 6 heteroatoms. The molecule has 0 aliphatic rings. The number of ether oxygens (including phenoxy) is 2. The highest BCUT2D eigenvalue weighted by atomic mass is 32.1. The highest BCUT2D eigenvalue weighted by Gasteiger charge is 2.23. The molecule has 0 unspecified atom stereocenters. The van der Waals surface area contributed by atoms with Gasteiger partial charge in [0.25, 0.3) is 0 Å². The fraction of sp³-hybridized carbons (Fsp3) is 0.647. The van der Waals surface area contributed by atoms with Crippen molar-refractivity contribution in [1.29, 1.82) is 0 Å². The molecule has 23 heavy (non-hydrogen) atoms. The zero-order valence-electron chi connectivity index (χ0n) is 14.0. The van der Waals surface area contributed by atoms with Gasteiger partial charge in [0.1, 0.15) is 0 Å². The summed E-state index contributed by atoms with van der Waals surface area (Å²) in [6.45, 7) is 6.90. The lowest BCUT2D eigenvalue weighted by Gasteiger charge is -2.19. The van der Waals surface area contributed by atoms with Crippen LogP contribution >= 0.6 is 11.3 Å². The molecule has 0 aliphatic heterocycles. The van der Waals surface area contributed by atoms with E-state index in [1.165, 1.54) is 11.3 Å². The van der Waals surface area contributed by atoms with Gasteiger partial charge in [0.15, 0.2) is 0 Å². The van der Waals surface area contributed by atoms with Gasteiger partial charge in [-0.05, 0) is 51.5 Å². The summed E-state index contributed by atoms with van der Waals surface area (Å²) in [5.74, 6) is -2.15. The smallest absolute Gasteiger partial charge is 0.307 e. The lowest BCUT2D eigenvalue weighted by molar-refractivity contribution is -0.151. The van der Waals surface area contributed by atoms with Gasteiger partial charge in [-0.3, -0.25) is 9.59 Å². The summed E-state index contributed by atoms with van der Waals surface area (Å²) in [7, 11) is 0. The molecule has 0 amide bonds. The molecule has 5 nitrogen and oxygen atoms in total. The highest BCUT2D eigenvalue weighted by Crippen LogP contribution is 2.18. The zero-order chi connectivity index (χ0) is 17.3. The minimum absolute atomic E-state index is 0.0915. The van der Waals surface area contributed by atoms with Crippen molar-refractivity contribution in [3.63, 3.8) is 0 Å². The van der Waals surface area contributed by atoms with E-state index in [2.05, 4.69) is 0 Å². The van der Waals surface area contributed by atoms with Crippen molar-refractivity contribution in [2.75, 3.05) is 13.2 Å². The fourth-order valence-corrected chi connectivity index (χ4v) is 2.73. The second kappa shape index (κ2) is 9.67. The van der Waals surface area contributed by atoms with E-state index in [1.807, 2.05) is 38.3 Å². The number of esters is 1. The van der Waals surface area contributed by atoms with Gasteiger partial charge in [0.2, 0.25) is 0 Å². The molecule has 1 atom stereocenters. The third-order valence-corrected chi connectivity index (χ3v) is 4.03. The van der Waals surface area contributed by atoms with E-state index in [4.69, 9.17) is 9.47 Å². The first-order chi connectivity index (χ1) is 10.8. The van der Waals surface area contributed by atoms with Gasteiger partial charge in [0.05, 0.1) is 24.5 Å². The summed E-state index contributed by atoms with van der Waals surface area (Å²) >= 11 is 1.50. The Morgan fingerprint density at radius 3 is 2.52 bits per heavy atom. The van der Waals surface area contributed by atoms with Gasteiger partial charge in [-0.25, -0.2) is 0 Å². The molecule has 130 valence electrons. The predicted molar refractivity (Wildman–Crippen MR) is 89.7 cm³/mol. The third kappa shape index (κ3) is 9.36. The van der Waals surface area contributed by atoms with Crippen molar-refractivity contribution in [3.8, 4) is 0 Å². The van der Waals surface area contributed by atoms with Gasteiger partial charge in [0, 0.05) is 11.5 Å². The SMILES string of the molecule is CC(C)(C)OCCCCOC(=O)C[C@@H](Cc1cccs1)C(=O)O. The number of carbonyl (C=O) groups excluding carboxylic acids is 1. The van der Waals surface area contributed by atoms with Crippen LogP contribution in [-0.4, -0.2) is 35.9 Å². The van der Waals surface area contributed by atoms with E-state index in [-0.39, 0.29) is 12.0 Å². The van der Waals surface area contributed by atoms with Gasteiger partial charge < -0.3 is 14.6 Å². The predicted octanol–water partition coefficient (Wildman–Crippen LogP) is 3.52. The summed E-state index contributed by atoms with van der Waals surface area (Å²) in [6, 6.07) is 3.75. The van der Waals surface area contributed by atoms with E-state index in [0.717, 1.165) is 11.3 Å². The molecule has 0 spiro atoms. The maximum atomic E-state index is 11.8. The highest BCUT2D eigenvalue weighted by molar-refractivity contribution is 7.09. The molecule has 1 aromatic heterocycles. The number of thiophene rings is 1. The summed E-state index contributed by atoms with van der Waals surface area (Å²) in [5.41, 5.74) is -0.160. The van der Waals surface area contributed by atoms with Gasteiger partial charge in [-0.2, -0.15) is 0 Å². The minimum Gasteiger partial charge on any atom is -0.481 e. The number of rotatable bonds is 10. The molecule has 0 radical (unpaired) electrons. The summed E-state index contributed by atoms with van der Waals surface area (Å²) in [6.07, 6.45) is 1.79. The van der Waals surface area contributed by atoms with Crippen molar-refractivity contribution >= 4 is 23.3 Å². The monoisotopic (exact) mass is 342 g/mol. The van der Waals surface area contributed by atoms with Crippen molar-refractivity contribution in [2.45, 2.75) is 52.1 Å². The molecule has 1 N–H and O–H groups in total. The maximum absolute atomic E-state index is 11.8. The number of hydrogen-bond donors (Lipinski definition) is 1. The number of hydrogen-bond acceptors (Lipinski definition) is 5. The van der Waals surface area contributed by atoms with Crippen molar-refractivity contribution in [1.82, 2.24) is 0 Å². The van der Waals surface area contributed by atoms with Crippen LogP contribution in [0.4, 0.5) is 0 Å². The van der Waals surface area contributed by atoms with Crippen LogP contribution in [0.2, 0.25) is 0 Å². The zero-order valence-corrected chi connectivity index (χ0v) is 14.9. The Kier molecular flexibility index (Phi) is 8.26. The number of carboxylic acids is 1. The average Bonchev–Trinajstić information content (AvgIpc) is 2.93. The Morgan fingerprint density at radius 1 is 1.26 bits per heavy atom. The molecule has 0 saturated carbocycles. The second-order valence-corrected chi connectivity index (χ2v) is 7.44. The van der Waals surface area contributed by atoms with Crippen LogP contribution in [0.1, 0.15) is 44.9 Å². The molecule has 0 aliphatic carbocycles. The molecule has 1 heterocycles. The van der Waals surface area contributed by atoms with Crippen molar-refractivity contribution in [3.05, 3.63) is 22.4 Å². The molecule has 0 bridgehead atoms. The Balaban J connectivity index is 2.21. The van der Waals surface area contributed by atoms with Gasteiger partial charge in [-0.1, -0.05) is 6.07 Å². The Morgan fingerprint density at radius 2 is 1.96 bits per heavy atom. The van der Waals surface area contributed by atoms with Crippen LogP contribution in [0.3, 0.4) is 0 Å². The number of unbranched alkanes of at least 4 members (excludes halogenated alkanes) is 1. The maximum Gasteiger partial charge on any atom is 0.307 e. The van der Waals surface area contributed by atoms with E-state index in [1.54, 1.807) is 0 Å². The van der Waals surface area contributed by atoms with Crippen molar-refractivity contribution < 1.29 is 24.2 Å². The van der Waals surface area contributed by atoms with Crippen LogP contribution in [0.15, 0.2) is 17.5 Å². The largest absolute Gasteiger partial charge is 0.481 e. The normalized spacial score (nSPS) is 12.8. The van der Waals surface area contributed by atoms with Crippen LogP contribution in [0.25, 0.3) is 0 Å². The molecule has 0 saturated heterocycles. The minimum atomic E-state index is -0.964. The Labute approximate surface area is 141 Å². The first-order valence-corrected chi connectivity index (χ1v) is 8.70. The third-order valence-electron chi connectivity index (χ3n) is 3.13. The standard InChI is InChI=1S/C17H26O5S/c1-17(2,3)22-9-5-4-8-21-15(18)12-13(16(19)20)11-14-7-6-10-23-14/h6-7,10,13H,4-5,8-9,11-12H2,1-3H3,(H,19,20)/t13-/m1/s1. The summed E-state index contributed by atoms with van der Waals surface area (Å²) in [5, 5.41) is 11.1. The van der Waals surface area contributed by atoms with Gasteiger partial charge >= 0.3 is 11.9 Å². The van der Waals surface area contributed by atoms with Crippen LogP contribution in [0.5, 0.6) is 0 Å². The molecular weight excluding hydrogens is 316 g/mol. The Hall–Kier alpha value is -1.40. The molecule has 1 rings (SSSR count). The second-order valence-electron chi connectivity index (χ2n) is 6.41. The van der Waals surface area contributed by atoms with E-state index in [0.29, 0.717) is 26.1 Å². The number of carbonyl (C=O) groups is 2. The van der Waals surface area contributed by atoms with Crippen LogP contribution in [-0.2, 0) is 25.5 Å². The van der Waals surface area contributed by atoms with Crippen LogP contribution < -0.4 is 0 Å². The summed E-state index contributed by atoms with van der Waals surface area (Å²) in [4.78, 5) is 24.0. The van der Waals surface area contributed by atoms with Gasteiger partial charge in [-0.15, -0.1) is 11.3 Å². The Bertz CT molecular complexity index is 476. The summed E-state index contributed by atoms with van der Waals surface area (Å²) < 4.78 is 10.7. The average molecular weight is 342 g/mol. The van der Waals surface area contributed by atoms with E-state index < -0.39 is 17.9 Å². The first-order valence-electron chi connectivity index (χ1n) is 7.82. The molecule has 0 aromatic carbocycles. The quantitative estimate of drug-likeness (QED) is 0.520. The first kappa shape index (κ1) is 19.6. The topological polar surface area (TPSA) is 72.8 Å². The number of aliphatic carboxylic acids is 1. The van der Waals surface area contributed by atoms with Crippen molar-refractivity contribution in [2.24, 2.45) is 5.92 Å². The lowest BCUT2D eigenvalue weighted by Crippen LogP contribution is -2.22. The number of carboxylic acid groups (broad SMARTS) is 1. The molecule has 0 fully saturated rings. The molecular formula is C17H26O5S. The molecule has 1 aromatic rings. The lowest BCUT2D eigenvalue weighted by atomic mass is 10.0. The van der Waals surface area contributed by atoms with E-state index in [9.17, 15) is 14.7 Å². The van der Waals surface area contributed by atoms with E-state index >= 15 is 0 Å². The fourth-order valence-electron chi connectivity index (χ4n) is 1.95. The van der Waals surface area contributed by atoms with Crippen LogP contribution in [0, 0.1) is 5.92 Å².